The van der Waals surface area contributed by atoms with Crippen molar-refractivity contribution in [3.63, 3.8) is 0 Å². The van der Waals surface area contributed by atoms with E-state index in [1.54, 1.807) is 6.26 Å². The number of carbonyl (C=O) groups excluding carboxylic acids is 1. The molecule has 0 aromatic rings. The summed E-state index contributed by atoms with van der Waals surface area (Å²) in [4.78, 5) is 11.4. The molecule has 2 unspecified atom stereocenters. The lowest BCUT2D eigenvalue weighted by Gasteiger charge is -2.23. The number of nitrogens with zero attached hydrogens (tertiary/aromatic N) is 1. The summed E-state index contributed by atoms with van der Waals surface area (Å²) in [5, 5.41) is 21.4. The molecule has 8 nitrogen and oxygen atoms in total. The van der Waals surface area contributed by atoms with Crippen molar-refractivity contribution in [3.8, 4) is 0 Å². The van der Waals surface area contributed by atoms with E-state index in [4.69, 9.17) is 4.74 Å². The average molecular weight is 398 g/mol. The number of halogens is 3. The lowest BCUT2D eigenvalue weighted by Crippen LogP contribution is -2.44. The van der Waals surface area contributed by atoms with Crippen molar-refractivity contribution in [1.82, 2.24) is 9.62 Å². The average Bonchev–Trinajstić information content (AvgIpc) is 2.47. The van der Waals surface area contributed by atoms with Crippen molar-refractivity contribution in [3.05, 3.63) is 0 Å². The highest BCUT2D eigenvalue weighted by Gasteiger charge is 2.50. The number of thioether (sulfide) groups is 1. The third-order valence-corrected chi connectivity index (χ3v) is 5.00. The lowest BCUT2D eigenvalue weighted by atomic mass is 10.3. The van der Waals surface area contributed by atoms with E-state index < -0.39 is 46.8 Å². The van der Waals surface area contributed by atoms with Crippen molar-refractivity contribution >= 4 is 27.8 Å². The molecule has 0 aromatic carbocycles. The molecular weight excluding hydrogens is 377 g/mol. The molecule has 24 heavy (non-hydrogen) atoms. The number of hydrogen-bond donors (Lipinski definition) is 3. The van der Waals surface area contributed by atoms with Crippen LogP contribution >= 0.6 is 11.8 Å². The molecule has 0 amide bonds. The Kier molecular flexibility index (Phi) is 10.1. The Hall–Kier alpha value is -0.600. The molecule has 2 atom stereocenters. The summed E-state index contributed by atoms with van der Waals surface area (Å²) in [6, 6.07) is 0. The second kappa shape index (κ2) is 10.4. The zero-order valence-corrected chi connectivity index (χ0v) is 14.7. The fourth-order valence-electron chi connectivity index (χ4n) is 1.43. The topological polar surface area (TPSA) is 116 Å². The van der Waals surface area contributed by atoms with Gasteiger partial charge in [-0.15, -0.1) is 0 Å². The van der Waals surface area contributed by atoms with Crippen molar-refractivity contribution in [2.45, 2.75) is 30.8 Å². The summed E-state index contributed by atoms with van der Waals surface area (Å²) in [6.07, 6.45) is -1.99. The minimum absolute atomic E-state index is 0.0863. The number of alkyl halides is 3. The maximum absolute atomic E-state index is 12.3. The number of esters is 1. The highest BCUT2D eigenvalue weighted by atomic mass is 32.2. The van der Waals surface area contributed by atoms with Crippen LogP contribution in [0.25, 0.3) is 0 Å². The Morgan fingerprint density at radius 2 is 1.96 bits per heavy atom. The molecule has 0 spiro atoms. The third kappa shape index (κ3) is 7.98. The number of aliphatic hydroxyl groups excluding tert-OH is 2. The van der Waals surface area contributed by atoms with Crippen LogP contribution in [0.15, 0.2) is 0 Å². The fraction of sp³-hybridized carbons (Fsp3) is 0.909. The fourth-order valence-corrected chi connectivity index (χ4v) is 2.62. The molecular formula is C11H21F3N2O6S2. The minimum Gasteiger partial charge on any atom is -0.464 e. The van der Waals surface area contributed by atoms with Gasteiger partial charge in [0.15, 0.2) is 0 Å². The number of aliphatic hydroxyl groups is 2. The number of ether oxygens (including phenoxy) is 1. The van der Waals surface area contributed by atoms with E-state index in [1.807, 2.05) is 0 Å². The molecule has 0 rings (SSSR count). The van der Waals surface area contributed by atoms with Crippen molar-refractivity contribution < 1.29 is 41.3 Å². The lowest BCUT2D eigenvalue weighted by molar-refractivity contribution is -0.144. The quantitative estimate of drug-likeness (QED) is 0.246. The normalized spacial score (nSPS) is 15.3. The molecule has 0 heterocycles. The summed E-state index contributed by atoms with van der Waals surface area (Å²) >= 11 is 1.41. The van der Waals surface area contributed by atoms with E-state index in [0.717, 1.165) is 0 Å². The molecule has 0 aromatic heterocycles. The Balaban J connectivity index is 4.14. The summed E-state index contributed by atoms with van der Waals surface area (Å²) in [7, 11) is -5.10. The van der Waals surface area contributed by atoms with Crippen LogP contribution in [-0.4, -0.2) is 79.1 Å². The van der Waals surface area contributed by atoms with Crippen LogP contribution in [-0.2, 0) is 19.6 Å². The van der Waals surface area contributed by atoms with E-state index in [2.05, 4.69) is 5.32 Å². The van der Waals surface area contributed by atoms with Gasteiger partial charge >= 0.3 is 21.5 Å². The van der Waals surface area contributed by atoms with E-state index in [9.17, 15) is 36.6 Å². The monoisotopic (exact) mass is 398 g/mol. The molecule has 0 bridgehead atoms. The van der Waals surface area contributed by atoms with Gasteiger partial charge in [-0.2, -0.15) is 29.2 Å². The smallest absolute Gasteiger partial charge is 0.464 e. The molecule has 0 saturated carbocycles. The molecule has 0 fully saturated rings. The van der Waals surface area contributed by atoms with Gasteiger partial charge in [0.2, 0.25) is 0 Å². The van der Waals surface area contributed by atoms with Crippen LogP contribution in [0.4, 0.5) is 13.2 Å². The van der Waals surface area contributed by atoms with Crippen molar-refractivity contribution in [2.75, 3.05) is 32.2 Å². The molecule has 0 saturated heterocycles. The zero-order valence-electron chi connectivity index (χ0n) is 13.1. The second-order valence-electron chi connectivity index (χ2n) is 4.63. The maximum atomic E-state index is 12.3. The first kappa shape index (κ1) is 23.4. The summed E-state index contributed by atoms with van der Waals surface area (Å²) in [6.45, 7) is 0.0788. The van der Waals surface area contributed by atoms with Crippen molar-refractivity contribution in [2.24, 2.45) is 0 Å². The van der Waals surface area contributed by atoms with E-state index in [1.165, 1.54) is 11.8 Å². The van der Waals surface area contributed by atoms with E-state index >= 15 is 0 Å². The van der Waals surface area contributed by atoms with Gasteiger partial charge in [-0.25, -0.2) is 8.42 Å². The number of nitrogens with one attached hydrogen (secondary N) is 1. The standard InChI is InChI=1S/C11H21F3N2O6S2/c1-16(24(20,21)11(12,13)14)9(18)3-4-10(19)22-6-5-15-8(17)7-23-2/h8-9,15,17-18H,3-7H2,1-2H3. The largest absolute Gasteiger partial charge is 0.511 e. The van der Waals surface area contributed by atoms with Crippen molar-refractivity contribution in [1.29, 1.82) is 0 Å². The first-order valence-corrected chi connectivity index (χ1v) is 9.55. The zero-order chi connectivity index (χ0) is 19.0. The van der Waals surface area contributed by atoms with Gasteiger partial charge in [-0.05, 0) is 12.7 Å². The third-order valence-electron chi connectivity index (χ3n) is 2.77. The number of carbonyl (C=O) groups is 1. The molecule has 0 aliphatic rings. The molecule has 0 aliphatic carbocycles. The van der Waals surface area contributed by atoms with Crippen LogP contribution in [0.5, 0.6) is 0 Å². The van der Waals surface area contributed by atoms with E-state index in [0.29, 0.717) is 12.8 Å². The second-order valence-corrected chi connectivity index (χ2v) is 7.53. The summed E-state index contributed by atoms with van der Waals surface area (Å²) in [5.41, 5.74) is -5.54. The Morgan fingerprint density at radius 1 is 1.38 bits per heavy atom. The van der Waals surface area contributed by atoms with Crippen LogP contribution in [0.2, 0.25) is 0 Å². The van der Waals surface area contributed by atoms with Crippen LogP contribution < -0.4 is 5.32 Å². The predicted molar refractivity (Wildman–Crippen MR) is 81.3 cm³/mol. The molecule has 144 valence electrons. The Morgan fingerprint density at radius 3 is 2.46 bits per heavy atom. The Bertz CT molecular complexity index is 489. The Labute approximate surface area is 142 Å². The van der Waals surface area contributed by atoms with Gasteiger partial charge in [0, 0.05) is 25.8 Å². The molecule has 0 radical (unpaired) electrons. The first-order chi connectivity index (χ1) is 10.9. The van der Waals surface area contributed by atoms with Gasteiger partial charge < -0.3 is 14.9 Å². The highest BCUT2D eigenvalue weighted by molar-refractivity contribution is 7.98. The van der Waals surface area contributed by atoms with Gasteiger partial charge in [-0.3, -0.25) is 10.1 Å². The number of rotatable bonds is 11. The first-order valence-electron chi connectivity index (χ1n) is 6.71. The molecule has 13 heteroatoms. The van der Waals surface area contributed by atoms with Gasteiger partial charge in [0.05, 0.1) is 0 Å². The van der Waals surface area contributed by atoms with Gasteiger partial charge in [-0.1, -0.05) is 0 Å². The highest BCUT2D eigenvalue weighted by Crippen LogP contribution is 2.27. The van der Waals surface area contributed by atoms with Gasteiger partial charge in [0.25, 0.3) is 0 Å². The predicted octanol–water partition coefficient (Wildman–Crippen LogP) is -0.319. The molecule has 0 aliphatic heterocycles. The summed E-state index contributed by atoms with van der Waals surface area (Å²) in [5.74, 6) is -0.367. The number of sulfonamides is 1. The van der Waals surface area contributed by atoms with E-state index in [-0.39, 0.29) is 17.5 Å². The SMILES string of the molecule is CSCC(O)NCCOC(=O)CCC(O)N(C)S(=O)(=O)C(F)(F)F. The van der Waals surface area contributed by atoms with Crippen LogP contribution in [0.1, 0.15) is 12.8 Å². The number of hydrogen-bond acceptors (Lipinski definition) is 8. The summed E-state index contributed by atoms with van der Waals surface area (Å²) < 4.78 is 63.5. The molecule has 3 N–H and O–H groups in total. The van der Waals surface area contributed by atoms with Crippen LogP contribution in [0, 0.1) is 0 Å². The maximum Gasteiger partial charge on any atom is 0.511 e. The van der Waals surface area contributed by atoms with Crippen LogP contribution in [0.3, 0.4) is 0 Å². The minimum atomic E-state index is -5.67. The van der Waals surface area contributed by atoms with Gasteiger partial charge in [0.1, 0.15) is 19.1 Å².